The van der Waals surface area contributed by atoms with E-state index in [9.17, 15) is 21.6 Å². The molecule has 8 nitrogen and oxygen atoms in total. The van der Waals surface area contributed by atoms with Gasteiger partial charge in [0.25, 0.3) is 0 Å². The molecule has 1 aliphatic rings. The van der Waals surface area contributed by atoms with Crippen LogP contribution in [0.3, 0.4) is 0 Å². The van der Waals surface area contributed by atoms with Gasteiger partial charge >= 0.3 is 5.97 Å². The minimum absolute atomic E-state index is 0.0352. The van der Waals surface area contributed by atoms with Gasteiger partial charge in [0.2, 0.25) is 20.0 Å². The van der Waals surface area contributed by atoms with Gasteiger partial charge in [-0.05, 0) is 43.0 Å². The number of carboxylic acid groups (broad SMARTS) is 1. The molecule has 10 heteroatoms. The van der Waals surface area contributed by atoms with Crippen molar-refractivity contribution < 1.29 is 26.7 Å². The van der Waals surface area contributed by atoms with Gasteiger partial charge in [-0.15, -0.1) is 0 Å². The largest absolute Gasteiger partial charge is 0.480 e. The van der Waals surface area contributed by atoms with Crippen molar-refractivity contribution in [1.82, 2.24) is 9.44 Å². The van der Waals surface area contributed by atoms with E-state index < -0.39 is 38.0 Å². The monoisotopic (exact) mass is 376 g/mol. The van der Waals surface area contributed by atoms with Crippen molar-refractivity contribution in [2.45, 2.75) is 48.6 Å². The summed E-state index contributed by atoms with van der Waals surface area (Å²) in [5.74, 6) is -1.72. The molecule has 1 aromatic rings. The molecule has 134 valence electrons. The molecule has 3 N–H and O–H groups in total. The molecule has 0 aromatic heterocycles. The second kappa shape index (κ2) is 6.79. The van der Waals surface area contributed by atoms with E-state index in [4.69, 9.17) is 5.11 Å². The highest BCUT2D eigenvalue weighted by Crippen LogP contribution is 2.23. The highest BCUT2D eigenvalue weighted by Gasteiger charge is 2.30. The van der Waals surface area contributed by atoms with Crippen LogP contribution in [-0.2, 0) is 24.8 Å². The van der Waals surface area contributed by atoms with Crippen molar-refractivity contribution in [3.05, 3.63) is 24.3 Å². The van der Waals surface area contributed by atoms with Crippen molar-refractivity contribution in [3.8, 4) is 0 Å². The Hall–Kier alpha value is -1.49. The van der Waals surface area contributed by atoms with Crippen molar-refractivity contribution >= 4 is 26.0 Å². The molecule has 1 atom stereocenters. The van der Waals surface area contributed by atoms with Gasteiger partial charge in [0.15, 0.2) is 0 Å². The Kier molecular flexibility index (Phi) is 5.33. The molecule has 1 aliphatic carbocycles. The average Bonchev–Trinajstić information content (AvgIpc) is 3.27. The third-order valence-corrected chi connectivity index (χ3v) is 6.55. The molecule has 0 amide bonds. The summed E-state index contributed by atoms with van der Waals surface area (Å²) >= 11 is 0. The molecule has 2 rings (SSSR count). The van der Waals surface area contributed by atoms with Crippen LogP contribution in [0.15, 0.2) is 34.1 Å². The van der Waals surface area contributed by atoms with Crippen LogP contribution in [0.4, 0.5) is 0 Å². The fourth-order valence-electron chi connectivity index (χ4n) is 1.99. The van der Waals surface area contributed by atoms with Crippen LogP contribution < -0.4 is 9.44 Å². The minimum Gasteiger partial charge on any atom is -0.480 e. The maximum absolute atomic E-state index is 12.3. The SMILES string of the molecule is CC(C)[C@H](NS(=O)(=O)c1ccc(S(=O)(=O)NC2CC2)cc1)C(=O)O. The molecule has 0 saturated heterocycles. The standard InChI is InChI=1S/C14H20N2O6S2/c1-9(2)13(14(17)18)16-24(21,22)12-7-5-11(6-8-12)23(19,20)15-10-3-4-10/h5-10,13,15-16H,3-4H2,1-2H3,(H,17,18)/t13-/m0/s1. The summed E-state index contributed by atoms with van der Waals surface area (Å²) in [4.78, 5) is 10.9. The molecule has 0 heterocycles. The zero-order chi connectivity index (χ0) is 18.1. The minimum atomic E-state index is -4.07. The molecule has 24 heavy (non-hydrogen) atoms. The van der Waals surface area contributed by atoms with E-state index in [1.807, 2.05) is 0 Å². The first kappa shape index (κ1) is 18.8. The number of hydrogen-bond donors (Lipinski definition) is 3. The smallest absolute Gasteiger partial charge is 0.322 e. The highest BCUT2D eigenvalue weighted by molar-refractivity contribution is 7.90. The molecule has 0 bridgehead atoms. The molecule has 1 aromatic carbocycles. The van der Waals surface area contributed by atoms with Gasteiger partial charge in [-0.3, -0.25) is 4.79 Å². The number of nitrogens with one attached hydrogen (secondary N) is 2. The van der Waals surface area contributed by atoms with Gasteiger partial charge in [-0.25, -0.2) is 21.6 Å². The van der Waals surface area contributed by atoms with Gasteiger partial charge in [-0.2, -0.15) is 4.72 Å². The Morgan fingerprint density at radius 1 is 1.04 bits per heavy atom. The van der Waals surface area contributed by atoms with Gasteiger partial charge < -0.3 is 5.11 Å². The van der Waals surface area contributed by atoms with E-state index in [2.05, 4.69) is 9.44 Å². The predicted molar refractivity (Wildman–Crippen MR) is 86.4 cm³/mol. The maximum Gasteiger partial charge on any atom is 0.322 e. The first-order valence-electron chi connectivity index (χ1n) is 7.40. The predicted octanol–water partition coefficient (Wildman–Crippen LogP) is 0.515. The molecule has 0 spiro atoms. The van der Waals surface area contributed by atoms with Crippen LogP contribution in [0.2, 0.25) is 0 Å². The topological polar surface area (TPSA) is 130 Å². The van der Waals surface area contributed by atoms with E-state index in [1.165, 1.54) is 12.1 Å². The number of carboxylic acids is 1. The molecular weight excluding hydrogens is 356 g/mol. The first-order valence-corrected chi connectivity index (χ1v) is 10.4. The Labute approximate surface area is 141 Å². The van der Waals surface area contributed by atoms with Gasteiger partial charge in [-0.1, -0.05) is 13.8 Å². The fraction of sp³-hybridized carbons (Fsp3) is 0.500. The number of sulfonamides is 2. The van der Waals surface area contributed by atoms with E-state index in [-0.39, 0.29) is 15.8 Å². The van der Waals surface area contributed by atoms with Crippen molar-refractivity contribution in [2.24, 2.45) is 5.92 Å². The number of benzene rings is 1. The lowest BCUT2D eigenvalue weighted by atomic mass is 10.1. The van der Waals surface area contributed by atoms with Gasteiger partial charge in [0.1, 0.15) is 6.04 Å². The van der Waals surface area contributed by atoms with Crippen LogP contribution in [0.1, 0.15) is 26.7 Å². The van der Waals surface area contributed by atoms with Crippen LogP contribution in [0, 0.1) is 5.92 Å². The Morgan fingerprint density at radius 2 is 1.50 bits per heavy atom. The lowest BCUT2D eigenvalue weighted by molar-refractivity contribution is -0.140. The van der Waals surface area contributed by atoms with Crippen LogP contribution in [-0.4, -0.2) is 40.0 Å². The molecule has 1 fully saturated rings. The Balaban J connectivity index is 2.21. The van der Waals surface area contributed by atoms with Crippen molar-refractivity contribution in [1.29, 1.82) is 0 Å². The Bertz CT molecular complexity index is 811. The fourth-order valence-corrected chi connectivity index (χ4v) is 4.64. The van der Waals surface area contributed by atoms with Crippen LogP contribution >= 0.6 is 0 Å². The van der Waals surface area contributed by atoms with Gasteiger partial charge in [0.05, 0.1) is 9.79 Å². The third kappa shape index (κ3) is 4.53. The summed E-state index contributed by atoms with van der Waals surface area (Å²) in [6.45, 7) is 3.17. The molecule has 0 aliphatic heterocycles. The highest BCUT2D eigenvalue weighted by atomic mass is 32.2. The Morgan fingerprint density at radius 3 is 1.88 bits per heavy atom. The quantitative estimate of drug-likeness (QED) is 0.606. The summed E-state index contributed by atoms with van der Waals surface area (Å²) in [6.07, 6.45) is 1.59. The number of carbonyl (C=O) groups is 1. The first-order chi connectivity index (χ1) is 11.0. The molecule has 1 saturated carbocycles. The molecule has 0 radical (unpaired) electrons. The third-order valence-electron chi connectivity index (χ3n) is 3.56. The zero-order valence-corrected chi connectivity index (χ0v) is 14.9. The summed E-state index contributed by atoms with van der Waals surface area (Å²) in [6, 6.07) is 3.33. The van der Waals surface area contributed by atoms with E-state index >= 15 is 0 Å². The average molecular weight is 376 g/mol. The lowest BCUT2D eigenvalue weighted by Gasteiger charge is -2.18. The second-order valence-electron chi connectivity index (χ2n) is 6.05. The summed E-state index contributed by atoms with van der Waals surface area (Å²) < 4.78 is 53.2. The number of hydrogen-bond acceptors (Lipinski definition) is 5. The molecular formula is C14H20N2O6S2. The van der Waals surface area contributed by atoms with Crippen LogP contribution in [0.25, 0.3) is 0 Å². The summed E-state index contributed by atoms with van der Waals surface area (Å²) in [5.41, 5.74) is 0. The van der Waals surface area contributed by atoms with Crippen molar-refractivity contribution in [3.63, 3.8) is 0 Å². The van der Waals surface area contributed by atoms with E-state index in [0.29, 0.717) is 0 Å². The lowest BCUT2D eigenvalue weighted by Crippen LogP contribution is -2.44. The number of aliphatic carboxylic acids is 1. The van der Waals surface area contributed by atoms with Crippen LogP contribution in [0.5, 0.6) is 0 Å². The normalized spacial score (nSPS) is 17.0. The zero-order valence-electron chi connectivity index (χ0n) is 13.3. The summed E-state index contributed by atoms with van der Waals surface area (Å²) in [7, 11) is -7.74. The van der Waals surface area contributed by atoms with Gasteiger partial charge in [0, 0.05) is 6.04 Å². The van der Waals surface area contributed by atoms with E-state index in [0.717, 1.165) is 25.0 Å². The second-order valence-corrected chi connectivity index (χ2v) is 9.48. The van der Waals surface area contributed by atoms with Crippen molar-refractivity contribution in [2.75, 3.05) is 0 Å². The van der Waals surface area contributed by atoms with E-state index in [1.54, 1.807) is 13.8 Å². The maximum atomic E-state index is 12.3. The molecule has 0 unspecified atom stereocenters. The summed E-state index contributed by atoms with van der Waals surface area (Å²) in [5, 5.41) is 9.08. The number of rotatable bonds is 8.